The summed E-state index contributed by atoms with van der Waals surface area (Å²) in [5, 5.41) is 2.98. The smallest absolute Gasteiger partial charge is 0.271 e. The van der Waals surface area contributed by atoms with E-state index in [2.05, 4.69) is 15.3 Å². The van der Waals surface area contributed by atoms with Crippen molar-refractivity contribution in [3.8, 4) is 0 Å². The van der Waals surface area contributed by atoms with Gasteiger partial charge in [-0.2, -0.15) is 0 Å². The van der Waals surface area contributed by atoms with Crippen LogP contribution in [0, 0.1) is 12.8 Å². The number of carbonyl (C=O) groups excluding carboxylic acids is 2. The Bertz CT molecular complexity index is 550. The zero-order chi connectivity index (χ0) is 17.0. The molecular weight excluding hydrogens is 294 g/mol. The standard InChI is InChI=1S/C16H25N5O2/c1-10-8-19-14(9-18-10)15(22)20-12(3)13-4-6-21(7-5-13)16(23)11(2)17/h8-9,11-13H,4-7,17H2,1-3H3,(H,20,22)/t11-,12?/m0/s1. The summed E-state index contributed by atoms with van der Waals surface area (Å²) in [4.78, 5) is 34.0. The van der Waals surface area contributed by atoms with Gasteiger partial charge in [-0.05, 0) is 39.5 Å². The first-order valence-corrected chi connectivity index (χ1v) is 8.02. The van der Waals surface area contributed by atoms with Gasteiger partial charge < -0.3 is 16.0 Å². The number of hydrogen-bond acceptors (Lipinski definition) is 5. The molecule has 1 aromatic rings. The van der Waals surface area contributed by atoms with Crippen LogP contribution in [0.5, 0.6) is 0 Å². The van der Waals surface area contributed by atoms with Crippen LogP contribution in [0.1, 0.15) is 42.9 Å². The van der Waals surface area contributed by atoms with Crippen molar-refractivity contribution in [1.82, 2.24) is 20.2 Å². The lowest BCUT2D eigenvalue weighted by Crippen LogP contribution is -2.49. The SMILES string of the molecule is Cc1cnc(C(=O)NC(C)C2CCN(C(=O)[C@H](C)N)CC2)cn1. The molecule has 1 aromatic heterocycles. The molecule has 7 nitrogen and oxygen atoms in total. The summed E-state index contributed by atoms with van der Waals surface area (Å²) in [5.74, 6) is 0.128. The lowest BCUT2D eigenvalue weighted by atomic mass is 9.90. The maximum atomic E-state index is 12.2. The molecule has 2 atom stereocenters. The quantitative estimate of drug-likeness (QED) is 0.841. The van der Waals surface area contributed by atoms with Crippen LogP contribution in [0.2, 0.25) is 0 Å². The first kappa shape index (κ1) is 17.3. The molecule has 7 heteroatoms. The number of likely N-dealkylation sites (tertiary alicyclic amines) is 1. The van der Waals surface area contributed by atoms with Gasteiger partial charge in [0, 0.05) is 25.3 Å². The van der Waals surface area contributed by atoms with Crippen LogP contribution in [0.15, 0.2) is 12.4 Å². The van der Waals surface area contributed by atoms with E-state index in [-0.39, 0.29) is 17.9 Å². The number of carbonyl (C=O) groups is 2. The molecule has 1 unspecified atom stereocenters. The topological polar surface area (TPSA) is 101 Å². The largest absolute Gasteiger partial charge is 0.348 e. The minimum Gasteiger partial charge on any atom is -0.348 e. The molecule has 1 aliphatic rings. The van der Waals surface area contributed by atoms with Crippen molar-refractivity contribution in [1.29, 1.82) is 0 Å². The second kappa shape index (κ2) is 7.50. The zero-order valence-electron chi connectivity index (χ0n) is 14.0. The van der Waals surface area contributed by atoms with E-state index < -0.39 is 6.04 Å². The van der Waals surface area contributed by atoms with E-state index in [1.165, 1.54) is 6.20 Å². The Hall–Kier alpha value is -2.02. The molecule has 0 bridgehead atoms. The number of rotatable bonds is 4. The summed E-state index contributed by atoms with van der Waals surface area (Å²) in [7, 11) is 0. The average Bonchev–Trinajstić information content (AvgIpc) is 2.54. The highest BCUT2D eigenvalue weighted by Gasteiger charge is 2.28. The molecule has 1 aliphatic heterocycles. The van der Waals surface area contributed by atoms with Gasteiger partial charge in [-0.3, -0.25) is 14.6 Å². The fourth-order valence-corrected chi connectivity index (χ4v) is 2.82. The van der Waals surface area contributed by atoms with Gasteiger partial charge in [0.25, 0.3) is 5.91 Å². The summed E-state index contributed by atoms with van der Waals surface area (Å²) in [6.45, 7) is 6.91. The molecule has 0 aliphatic carbocycles. The first-order chi connectivity index (χ1) is 10.9. The van der Waals surface area contributed by atoms with E-state index in [0.717, 1.165) is 18.5 Å². The third-order valence-corrected chi connectivity index (χ3v) is 4.32. The van der Waals surface area contributed by atoms with E-state index in [0.29, 0.717) is 24.7 Å². The van der Waals surface area contributed by atoms with Crippen LogP contribution in [0.4, 0.5) is 0 Å². The highest BCUT2D eigenvalue weighted by atomic mass is 16.2. The number of amides is 2. The summed E-state index contributed by atoms with van der Waals surface area (Å²) in [6, 6.07) is -0.429. The fourth-order valence-electron chi connectivity index (χ4n) is 2.82. The highest BCUT2D eigenvalue weighted by molar-refractivity contribution is 5.92. The van der Waals surface area contributed by atoms with Crippen LogP contribution < -0.4 is 11.1 Å². The van der Waals surface area contributed by atoms with Crippen molar-refractivity contribution >= 4 is 11.8 Å². The second-order valence-electron chi connectivity index (χ2n) is 6.26. The van der Waals surface area contributed by atoms with Gasteiger partial charge in [-0.15, -0.1) is 0 Å². The van der Waals surface area contributed by atoms with Crippen LogP contribution in [-0.4, -0.2) is 51.9 Å². The lowest BCUT2D eigenvalue weighted by molar-refractivity contribution is -0.133. The number of nitrogens with zero attached hydrogens (tertiary/aromatic N) is 3. The monoisotopic (exact) mass is 319 g/mol. The van der Waals surface area contributed by atoms with Crippen molar-refractivity contribution in [2.45, 2.75) is 45.7 Å². The third-order valence-electron chi connectivity index (χ3n) is 4.32. The Balaban J connectivity index is 1.85. The third kappa shape index (κ3) is 4.48. The Labute approximate surface area is 136 Å². The normalized spacial score (nSPS) is 18.3. The van der Waals surface area contributed by atoms with Gasteiger partial charge in [0.2, 0.25) is 5.91 Å². The van der Waals surface area contributed by atoms with E-state index >= 15 is 0 Å². The Morgan fingerprint density at radius 2 is 1.91 bits per heavy atom. The van der Waals surface area contributed by atoms with Gasteiger partial charge in [0.05, 0.1) is 17.9 Å². The summed E-state index contributed by atoms with van der Waals surface area (Å²) >= 11 is 0. The molecule has 2 amide bonds. The second-order valence-corrected chi connectivity index (χ2v) is 6.26. The van der Waals surface area contributed by atoms with Gasteiger partial charge in [0.15, 0.2) is 0 Å². The predicted octanol–water partition coefficient (Wildman–Crippen LogP) is 0.489. The molecule has 0 aromatic carbocycles. The summed E-state index contributed by atoms with van der Waals surface area (Å²) < 4.78 is 0. The van der Waals surface area contributed by atoms with Crippen LogP contribution in [0.3, 0.4) is 0 Å². The Morgan fingerprint density at radius 1 is 1.26 bits per heavy atom. The maximum Gasteiger partial charge on any atom is 0.271 e. The number of piperidine rings is 1. The number of nitrogens with one attached hydrogen (secondary N) is 1. The van der Waals surface area contributed by atoms with Gasteiger partial charge in [-0.25, -0.2) is 4.98 Å². The molecule has 1 saturated heterocycles. The van der Waals surface area contributed by atoms with Gasteiger partial charge in [-0.1, -0.05) is 0 Å². The first-order valence-electron chi connectivity index (χ1n) is 8.02. The van der Waals surface area contributed by atoms with E-state index in [1.807, 2.05) is 13.8 Å². The number of hydrogen-bond donors (Lipinski definition) is 2. The highest BCUT2D eigenvalue weighted by Crippen LogP contribution is 2.21. The molecule has 1 fully saturated rings. The molecule has 2 rings (SSSR count). The number of aromatic nitrogens is 2. The minimum atomic E-state index is -0.455. The van der Waals surface area contributed by atoms with Gasteiger partial charge >= 0.3 is 0 Å². The molecule has 2 heterocycles. The zero-order valence-corrected chi connectivity index (χ0v) is 14.0. The summed E-state index contributed by atoms with van der Waals surface area (Å²) in [6.07, 6.45) is 4.79. The van der Waals surface area contributed by atoms with Gasteiger partial charge in [0.1, 0.15) is 5.69 Å². The molecular formula is C16H25N5O2. The number of aryl methyl sites for hydroxylation is 1. The van der Waals surface area contributed by atoms with Crippen LogP contribution >= 0.6 is 0 Å². The van der Waals surface area contributed by atoms with E-state index in [9.17, 15) is 9.59 Å². The molecule has 0 saturated carbocycles. The van der Waals surface area contributed by atoms with E-state index in [4.69, 9.17) is 5.73 Å². The Kier molecular flexibility index (Phi) is 5.65. The molecule has 0 radical (unpaired) electrons. The fraction of sp³-hybridized carbons (Fsp3) is 0.625. The van der Waals surface area contributed by atoms with E-state index in [1.54, 1.807) is 18.0 Å². The number of nitrogens with two attached hydrogens (primary N) is 1. The minimum absolute atomic E-state index is 0.00457. The Morgan fingerprint density at radius 3 is 2.43 bits per heavy atom. The molecule has 23 heavy (non-hydrogen) atoms. The molecule has 126 valence electrons. The van der Waals surface area contributed by atoms with Crippen molar-refractivity contribution in [3.63, 3.8) is 0 Å². The van der Waals surface area contributed by atoms with Crippen molar-refractivity contribution < 1.29 is 9.59 Å². The molecule has 3 N–H and O–H groups in total. The summed E-state index contributed by atoms with van der Waals surface area (Å²) in [5.41, 5.74) is 6.75. The predicted molar refractivity (Wildman–Crippen MR) is 86.7 cm³/mol. The molecule has 0 spiro atoms. The van der Waals surface area contributed by atoms with Crippen molar-refractivity contribution in [2.75, 3.05) is 13.1 Å². The van der Waals surface area contributed by atoms with Crippen molar-refractivity contribution in [3.05, 3.63) is 23.8 Å². The average molecular weight is 319 g/mol. The van der Waals surface area contributed by atoms with Crippen LogP contribution in [0.25, 0.3) is 0 Å². The maximum absolute atomic E-state index is 12.2. The lowest BCUT2D eigenvalue weighted by Gasteiger charge is -2.35. The van der Waals surface area contributed by atoms with Crippen molar-refractivity contribution in [2.24, 2.45) is 11.7 Å². The van der Waals surface area contributed by atoms with Crippen LogP contribution in [-0.2, 0) is 4.79 Å².